The Bertz CT molecular complexity index is 1140. The highest BCUT2D eigenvalue weighted by molar-refractivity contribution is 6.05. The number of aryl methyl sites for hydroxylation is 1. The molecule has 2 rings (SSSR count). The predicted octanol–water partition coefficient (Wildman–Crippen LogP) is 4.16. The van der Waals surface area contributed by atoms with Crippen LogP contribution in [0.15, 0.2) is 23.0 Å². The van der Waals surface area contributed by atoms with Gasteiger partial charge in [-0.15, -0.1) is 0 Å². The maximum atomic E-state index is 12.9. The Morgan fingerprint density at radius 3 is 2.20 bits per heavy atom. The SMILES string of the molecule is CCCCc1[nH]c(=O)c(C(=N)OC(=N)CC(=O)OC(C)(C)C)c(O)c1-c1c(OC)cccc1OC. The molecule has 10 nitrogen and oxygen atoms in total. The molecule has 35 heavy (non-hydrogen) atoms. The van der Waals surface area contributed by atoms with Crippen molar-refractivity contribution in [1.82, 2.24) is 4.98 Å². The van der Waals surface area contributed by atoms with Gasteiger partial charge in [0.25, 0.3) is 5.56 Å². The molecule has 0 saturated carbocycles. The quantitative estimate of drug-likeness (QED) is 0.235. The second kappa shape index (κ2) is 11.5. The molecule has 0 saturated heterocycles. The Kier molecular flexibility index (Phi) is 9.05. The van der Waals surface area contributed by atoms with Crippen LogP contribution in [0.25, 0.3) is 11.1 Å². The molecule has 0 unspecified atom stereocenters. The first-order valence-electron chi connectivity index (χ1n) is 11.2. The van der Waals surface area contributed by atoms with Crippen LogP contribution in [0.1, 0.15) is 58.2 Å². The standard InChI is InChI=1S/C25H33N3O7/c1-7-8-10-14-19(20-15(32-5)11-9-12-16(20)33-6)22(30)21(24(31)28-14)23(27)34-17(26)13-18(29)35-25(2,3)4/h9,11-12,26-27H,7-8,10,13H2,1-6H3,(H2,28,30,31). The van der Waals surface area contributed by atoms with E-state index in [1.54, 1.807) is 39.0 Å². The van der Waals surface area contributed by atoms with E-state index in [0.717, 1.165) is 12.8 Å². The summed E-state index contributed by atoms with van der Waals surface area (Å²) >= 11 is 0. The van der Waals surface area contributed by atoms with Gasteiger partial charge in [0.2, 0.25) is 11.8 Å². The molecule has 0 bridgehead atoms. The summed E-state index contributed by atoms with van der Waals surface area (Å²) in [5.41, 5.74) is -0.928. The van der Waals surface area contributed by atoms with Crippen molar-refractivity contribution in [2.24, 2.45) is 0 Å². The molecule has 1 heterocycles. The van der Waals surface area contributed by atoms with Gasteiger partial charge in [-0.05, 0) is 45.7 Å². The molecule has 0 amide bonds. The average Bonchev–Trinajstić information content (AvgIpc) is 2.75. The summed E-state index contributed by atoms with van der Waals surface area (Å²) in [5.74, 6) is -1.84. The van der Waals surface area contributed by atoms with Crippen molar-refractivity contribution < 1.29 is 28.8 Å². The molecule has 190 valence electrons. The number of methoxy groups -OCH3 is 2. The lowest BCUT2D eigenvalue weighted by Gasteiger charge is -2.20. The van der Waals surface area contributed by atoms with Gasteiger partial charge in [0.05, 0.1) is 25.3 Å². The Balaban J connectivity index is 2.56. The van der Waals surface area contributed by atoms with Crippen molar-refractivity contribution in [1.29, 1.82) is 10.8 Å². The van der Waals surface area contributed by atoms with Crippen LogP contribution in [0.5, 0.6) is 17.2 Å². The molecule has 0 aliphatic heterocycles. The maximum Gasteiger partial charge on any atom is 0.315 e. The number of esters is 1. The van der Waals surface area contributed by atoms with Crippen LogP contribution in [0, 0.1) is 10.8 Å². The van der Waals surface area contributed by atoms with Crippen LogP contribution in [-0.2, 0) is 20.7 Å². The van der Waals surface area contributed by atoms with Gasteiger partial charge in [-0.1, -0.05) is 19.4 Å². The summed E-state index contributed by atoms with van der Waals surface area (Å²) in [5, 5.41) is 27.4. The van der Waals surface area contributed by atoms with Crippen LogP contribution in [0.4, 0.5) is 0 Å². The first kappa shape index (κ1) is 27.4. The minimum atomic E-state index is -0.783. The highest BCUT2D eigenvalue weighted by Gasteiger charge is 2.27. The Hall–Kier alpha value is -3.82. The Morgan fingerprint density at radius 2 is 1.69 bits per heavy atom. The van der Waals surface area contributed by atoms with Crippen molar-refractivity contribution in [2.75, 3.05) is 14.2 Å². The van der Waals surface area contributed by atoms with E-state index in [0.29, 0.717) is 29.2 Å². The summed E-state index contributed by atoms with van der Waals surface area (Å²) in [6.07, 6.45) is 1.47. The van der Waals surface area contributed by atoms with Crippen molar-refractivity contribution in [3.8, 4) is 28.4 Å². The number of unbranched alkanes of at least 4 members (excludes halogenated alkanes) is 1. The summed E-state index contributed by atoms with van der Waals surface area (Å²) in [6.45, 7) is 7.05. The minimum absolute atomic E-state index is 0.231. The van der Waals surface area contributed by atoms with Gasteiger partial charge in [-0.2, -0.15) is 0 Å². The number of hydrogen-bond acceptors (Lipinski definition) is 9. The molecule has 1 aromatic carbocycles. The lowest BCUT2D eigenvalue weighted by molar-refractivity contribution is -0.153. The van der Waals surface area contributed by atoms with Crippen molar-refractivity contribution in [3.63, 3.8) is 0 Å². The lowest BCUT2D eigenvalue weighted by atomic mass is 9.96. The van der Waals surface area contributed by atoms with Gasteiger partial charge < -0.3 is 29.0 Å². The number of nitrogens with one attached hydrogen (secondary N) is 3. The number of aromatic hydroxyl groups is 1. The number of hydrogen-bond donors (Lipinski definition) is 4. The number of aromatic amines is 1. The van der Waals surface area contributed by atoms with E-state index < -0.39 is 46.7 Å². The molecule has 0 radical (unpaired) electrons. The van der Waals surface area contributed by atoms with Crippen molar-refractivity contribution in [2.45, 2.75) is 59.0 Å². The topological polar surface area (TPSA) is 155 Å². The van der Waals surface area contributed by atoms with Crippen LogP contribution in [0.3, 0.4) is 0 Å². The first-order chi connectivity index (χ1) is 16.4. The van der Waals surface area contributed by atoms with E-state index in [-0.39, 0.29) is 5.56 Å². The first-order valence-corrected chi connectivity index (χ1v) is 11.2. The number of carbonyl (C=O) groups excluding carboxylic acids is 1. The highest BCUT2D eigenvalue weighted by Crippen LogP contribution is 2.44. The molecule has 0 fully saturated rings. The zero-order valence-corrected chi connectivity index (χ0v) is 21.0. The number of ether oxygens (including phenoxy) is 4. The number of rotatable bonds is 9. The van der Waals surface area contributed by atoms with Crippen molar-refractivity contribution in [3.05, 3.63) is 39.8 Å². The van der Waals surface area contributed by atoms with E-state index in [1.807, 2.05) is 6.92 Å². The molecule has 10 heteroatoms. The summed E-state index contributed by atoms with van der Waals surface area (Å²) < 4.78 is 21.2. The summed E-state index contributed by atoms with van der Waals surface area (Å²) in [7, 11) is 2.94. The molecule has 2 aromatic rings. The highest BCUT2D eigenvalue weighted by atomic mass is 16.6. The van der Waals surface area contributed by atoms with Gasteiger partial charge in [0, 0.05) is 5.69 Å². The largest absolute Gasteiger partial charge is 0.506 e. The fourth-order valence-electron chi connectivity index (χ4n) is 3.48. The number of pyridine rings is 1. The number of carbonyl (C=O) groups is 1. The lowest BCUT2D eigenvalue weighted by Crippen LogP contribution is -2.28. The minimum Gasteiger partial charge on any atom is -0.506 e. The number of aromatic nitrogens is 1. The van der Waals surface area contributed by atoms with Gasteiger partial charge >= 0.3 is 5.97 Å². The van der Waals surface area contributed by atoms with E-state index in [4.69, 9.17) is 29.8 Å². The fourth-order valence-corrected chi connectivity index (χ4v) is 3.48. The molecule has 0 aliphatic carbocycles. The third-order valence-electron chi connectivity index (χ3n) is 4.90. The van der Waals surface area contributed by atoms with E-state index in [9.17, 15) is 14.7 Å². The molecular weight excluding hydrogens is 454 g/mol. The second-order valence-corrected chi connectivity index (χ2v) is 8.79. The van der Waals surface area contributed by atoms with Gasteiger partial charge in [-0.3, -0.25) is 20.4 Å². The van der Waals surface area contributed by atoms with Gasteiger partial charge in [-0.25, -0.2) is 0 Å². The molecule has 0 aliphatic rings. The zero-order valence-electron chi connectivity index (χ0n) is 21.0. The second-order valence-electron chi connectivity index (χ2n) is 8.79. The van der Waals surface area contributed by atoms with Gasteiger partial charge in [0.15, 0.2) is 0 Å². The summed E-state index contributed by atoms with van der Waals surface area (Å²) in [6, 6.07) is 5.09. The molecule has 1 aromatic heterocycles. The molecule has 4 N–H and O–H groups in total. The van der Waals surface area contributed by atoms with Crippen LogP contribution < -0.4 is 15.0 Å². The third-order valence-corrected chi connectivity index (χ3v) is 4.90. The molecule has 0 atom stereocenters. The fraction of sp³-hybridized carbons (Fsp3) is 0.440. The smallest absolute Gasteiger partial charge is 0.315 e. The van der Waals surface area contributed by atoms with Crippen molar-refractivity contribution >= 4 is 17.8 Å². The third kappa shape index (κ3) is 6.84. The van der Waals surface area contributed by atoms with Crippen LogP contribution >= 0.6 is 0 Å². The number of benzene rings is 1. The van der Waals surface area contributed by atoms with Crippen LogP contribution in [-0.4, -0.2) is 47.7 Å². The molecule has 0 spiro atoms. The van der Waals surface area contributed by atoms with E-state index in [2.05, 4.69) is 4.98 Å². The normalized spacial score (nSPS) is 11.0. The van der Waals surface area contributed by atoms with E-state index in [1.165, 1.54) is 14.2 Å². The average molecular weight is 488 g/mol. The monoisotopic (exact) mass is 487 g/mol. The Labute approximate surface area is 204 Å². The zero-order chi connectivity index (χ0) is 26.3. The predicted molar refractivity (Wildman–Crippen MR) is 132 cm³/mol. The van der Waals surface area contributed by atoms with Crippen LogP contribution in [0.2, 0.25) is 0 Å². The number of H-pyrrole nitrogens is 1. The Morgan fingerprint density at radius 1 is 1.09 bits per heavy atom. The maximum absolute atomic E-state index is 12.9. The summed E-state index contributed by atoms with van der Waals surface area (Å²) in [4.78, 5) is 27.6. The van der Waals surface area contributed by atoms with Gasteiger partial charge in [0.1, 0.15) is 34.8 Å². The molecular formula is C25H33N3O7. The van der Waals surface area contributed by atoms with E-state index >= 15 is 0 Å².